The Hall–Kier alpha value is -2.50. The molecule has 0 radical (unpaired) electrons. The Morgan fingerprint density at radius 1 is 1.14 bits per heavy atom. The van der Waals surface area contributed by atoms with Crippen LogP contribution in [-0.4, -0.2) is 40.6 Å². The van der Waals surface area contributed by atoms with E-state index < -0.39 is 6.04 Å². The zero-order valence-corrected chi connectivity index (χ0v) is 16.6. The van der Waals surface area contributed by atoms with Crippen molar-refractivity contribution < 1.29 is 18.8 Å². The monoisotopic (exact) mass is 386 g/mol. The summed E-state index contributed by atoms with van der Waals surface area (Å²) in [5.74, 6) is -1.82. The van der Waals surface area contributed by atoms with Crippen LogP contribution >= 0.6 is 0 Å². The van der Waals surface area contributed by atoms with Crippen molar-refractivity contribution in [2.45, 2.75) is 45.7 Å². The molecule has 0 spiro atoms. The molecule has 6 heteroatoms. The number of carbonyl (C=O) groups excluding carboxylic acids is 3. The van der Waals surface area contributed by atoms with Crippen LogP contribution in [0.15, 0.2) is 36.4 Å². The third kappa shape index (κ3) is 3.86. The number of nitrogens with zero attached hydrogens (tertiary/aromatic N) is 2. The minimum absolute atomic E-state index is 0.0880. The number of rotatable bonds is 6. The molecule has 1 fully saturated rings. The standard InChI is InChI=1S/C22H27FN2O3/c1-14(2)12-19(22(28)24(3)13-15-8-4-7-11-18(15)23)25-20(26)16-9-5-6-10-17(16)21(25)27/h4-8,11,14,16-17,19H,9-10,12-13H2,1-3H3. The van der Waals surface area contributed by atoms with Crippen LogP contribution < -0.4 is 0 Å². The average molecular weight is 386 g/mol. The first kappa shape index (κ1) is 20.2. The molecule has 3 unspecified atom stereocenters. The lowest BCUT2D eigenvalue weighted by atomic mass is 9.85. The molecule has 28 heavy (non-hydrogen) atoms. The molecule has 0 aromatic heterocycles. The van der Waals surface area contributed by atoms with Gasteiger partial charge in [-0.2, -0.15) is 0 Å². The van der Waals surface area contributed by atoms with Crippen LogP contribution in [0.1, 0.15) is 38.7 Å². The van der Waals surface area contributed by atoms with E-state index in [-0.39, 0.29) is 47.8 Å². The molecule has 1 aliphatic carbocycles. The fourth-order valence-corrected chi connectivity index (χ4v) is 4.11. The lowest BCUT2D eigenvalue weighted by molar-refractivity contribution is -0.152. The van der Waals surface area contributed by atoms with E-state index >= 15 is 0 Å². The van der Waals surface area contributed by atoms with Gasteiger partial charge in [0.25, 0.3) is 0 Å². The van der Waals surface area contributed by atoms with Crippen LogP contribution in [0, 0.1) is 23.6 Å². The van der Waals surface area contributed by atoms with E-state index in [1.54, 1.807) is 25.2 Å². The molecule has 1 aromatic carbocycles. The molecule has 1 aliphatic heterocycles. The number of hydrogen-bond acceptors (Lipinski definition) is 3. The number of likely N-dealkylation sites (N-methyl/N-ethyl adjacent to an activating group) is 1. The minimum Gasteiger partial charge on any atom is -0.340 e. The predicted octanol–water partition coefficient (Wildman–Crippen LogP) is 3.15. The van der Waals surface area contributed by atoms with E-state index in [1.165, 1.54) is 15.9 Å². The molecule has 0 N–H and O–H groups in total. The number of hydrogen-bond donors (Lipinski definition) is 0. The van der Waals surface area contributed by atoms with Gasteiger partial charge in [0.15, 0.2) is 0 Å². The fraction of sp³-hybridized carbons (Fsp3) is 0.500. The van der Waals surface area contributed by atoms with Crippen LogP contribution in [0.2, 0.25) is 0 Å². The maximum Gasteiger partial charge on any atom is 0.245 e. The molecule has 1 aromatic rings. The van der Waals surface area contributed by atoms with Crippen molar-refractivity contribution in [1.82, 2.24) is 9.80 Å². The number of benzene rings is 1. The quantitative estimate of drug-likeness (QED) is 0.557. The van der Waals surface area contributed by atoms with Gasteiger partial charge in [-0.1, -0.05) is 44.2 Å². The third-order valence-corrected chi connectivity index (χ3v) is 5.57. The van der Waals surface area contributed by atoms with E-state index in [0.717, 1.165) is 0 Å². The van der Waals surface area contributed by atoms with Gasteiger partial charge in [0.05, 0.1) is 11.8 Å². The van der Waals surface area contributed by atoms with Gasteiger partial charge in [0.2, 0.25) is 17.7 Å². The minimum atomic E-state index is -0.845. The normalized spacial score (nSPS) is 22.5. The van der Waals surface area contributed by atoms with Crippen LogP contribution in [-0.2, 0) is 20.9 Å². The van der Waals surface area contributed by atoms with Gasteiger partial charge >= 0.3 is 0 Å². The molecule has 5 nitrogen and oxygen atoms in total. The summed E-state index contributed by atoms with van der Waals surface area (Å²) in [6.07, 6.45) is 5.34. The maximum atomic E-state index is 14.0. The molecule has 3 amide bonds. The average Bonchev–Trinajstić information content (AvgIpc) is 2.92. The number of amides is 3. The Bertz CT molecular complexity index is 779. The summed E-state index contributed by atoms with van der Waals surface area (Å²) < 4.78 is 14.0. The molecule has 1 heterocycles. The number of carbonyl (C=O) groups is 3. The Labute approximate surface area is 165 Å². The fourth-order valence-electron chi connectivity index (χ4n) is 4.11. The summed E-state index contributed by atoms with van der Waals surface area (Å²) in [7, 11) is 1.59. The van der Waals surface area contributed by atoms with Gasteiger partial charge < -0.3 is 4.90 Å². The number of fused-ring (bicyclic) bond motifs is 1. The third-order valence-electron chi connectivity index (χ3n) is 5.57. The summed E-state index contributed by atoms with van der Waals surface area (Å²) in [6, 6.07) is 5.45. The lowest BCUT2D eigenvalue weighted by Crippen LogP contribution is -2.51. The zero-order valence-electron chi connectivity index (χ0n) is 16.6. The lowest BCUT2D eigenvalue weighted by Gasteiger charge is -2.31. The Kier molecular flexibility index (Phi) is 5.96. The summed E-state index contributed by atoms with van der Waals surface area (Å²) >= 11 is 0. The van der Waals surface area contributed by atoms with Crippen molar-refractivity contribution in [1.29, 1.82) is 0 Å². The van der Waals surface area contributed by atoms with Gasteiger partial charge in [-0.05, 0) is 31.2 Å². The highest BCUT2D eigenvalue weighted by Crippen LogP contribution is 2.37. The molecule has 150 valence electrons. The van der Waals surface area contributed by atoms with Crippen molar-refractivity contribution in [2.24, 2.45) is 17.8 Å². The molecule has 3 rings (SSSR count). The topological polar surface area (TPSA) is 57.7 Å². The second-order valence-electron chi connectivity index (χ2n) is 8.13. The van der Waals surface area contributed by atoms with Gasteiger partial charge in [-0.3, -0.25) is 19.3 Å². The second-order valence-corrected chi connectivity index (χ2v) is 8.13. The summed E-state index contributed by atoms with van der Waals surface area (Å²) in [4.78, 5) is 41.7. The van der Waals surface area contributed by atoms with Gasteiger partial charge in [0.1, 0.15) is 11.9 Å². The molecular formula is C22H27FN2O3. The maximum absolute atomic E-state index is 14.0. The molecule has 0 saturated carbocycles. The highest BCUT2D eigenvalue weighted by atomic mass is 19.1. The summed E-state index contributed by atoms with van der Waals surface area (Å²) in [5.41, 5.74) is 0.401. The molecule has 2 aliphatic rings. The Morgan fingerprint density at radius 3 is 2.25 bits per heavy atom. The van der Waals surface area contributed by atoms with Crippen LogP contribution in [0.5, 0.6) is 0 Å². The van der Waals surface area contributed by atoms with Crippen molar-refractivity contribution in [3.05, 3.63) is 47.8 Å². The van der Waals surface area contributed by atoms with Crippen LogP contribution in [0.4, 0.5) is 4.39 Å². The second kappa shape index (κ2) is 8.25. The first-order valence-corrected chi connectivity index (χ1v) is 9.81. The number of allylic oxidation sites excluding steroid dienone is 2. The van der Waals surface area contributed by atoms with E-state index in [4.69, 9.17) is 0 Å². The van der Waals surface area contributed by atoms with Crippen molar-refractivity contribution in [3.63, 3.8) is 0 Å². The highest BCUT2D eigenvalue weighted by molar-refractivity contribution is 6.08. The zero-order chi connectivity index (χ0) is 20.4. The SMILES string of the molecule is CC(C)CC(C(=O)N(C)Cc1ccccc1F)N1C(=O)C2CC=CCC2C1=O. The highest BCUT2D eigenvalue weighted by Gasteiger charge is 2.51. The van der Waals surface area contributed by atoms with Gasteiger partial charge in [-0.15, -0.1) is 0 Å². The van der Waals surface area contributed by atoms with Gasteiger partial charge in [0, 0.05) is 19.2 Å². The smallest absolute Gasteiger partial charge is 0.245 e. The summed E-state index contributed by atoms with van der Waals surface area (Å²) in [5, 5.41) is 0. The van der Waals surface area contributed by atoms with Crippen molar-refractivity contribution in [3.8, 4) is 0 Å². The largest absolute Gasteiger partial charge is 0.340 e. The van der Waals surface area contributed by atoms with E-state index in [2.05, 4.69) is 0 Å². The van der Waals surface area contributed by atoms with E-state index in [1.807, 2.05) is 26.0 Å². The number of likely N-dealkylation sites (tertiary alicyclic amines) is 1. The summed E-state index contributed by atoms with van der Waals surface area (Å²) in [6.45, 7) is 4.00. The molecular weight excluding hydrogens is 359 g/mol. The molecule has 0 bridgehead atoms. The number of imide groups is 1. The molecule has 3 atom stereocenters. The van der Waals surface area contributed by atoms with Crippen molar-refractivity contribution >= 4 is 17.7 Å². The predicted molar refractivity (Wildman–Crippen MR) is 103 cm³/mol. The van der Waals surface area contributed by atoms with Crippen molar-refractivity contribution in [2.75, 3.05) is 7.05 Å². The van der Waals surface area contributed by atoms with Crippen LogP contribution in [0.25, 0.3) is 0 Å². The molecule has 1 saturated heterocycles. The van der Waals surface area contributed by atoms with E-state index in [9.17, 15) is 18.8 Å². The first-order valence-electron chi connectivity index (χ1n) is 9.81. The first-order chi connectivity index (χ1) is 13.3. The number of halogens is 1. The van der Waals surface area contributed by atoms with Gasteiger partial charge in [-0.25, -0.2) is 4.39 Å². The van der Waals surface area contributed by atoms with Crippen LogP contribution in [0.3, 0.4) is 0 Å². The van der Waals surface area contributed by atoms with E-state index in [0.29, 0.717) is 24.8 Å². The Balaban J connectivity index is 1.83. The Morgan fingerprint density at radius 2 is 1.71 bits per heavy atom.